The third-order valence-electron chi connectivity index (χ3n) is 7.06. The average molecular weight is 399 g/mol. The minimum absolute atomic E-state index is 0.0659. The maximum atomic E-state index is 13.1. The summed E-state index contributed by atoms with van der Waals surface area (Å²) in [6.07, 6.45) is 4.66. The van der Waals surface area contributed by atoms with E-state index in [0.717, 1.165) is 12.8 Å². The van der Waals surface area contributed by atoms with Crippen molar-refractivity contribution in [1.82, 2.24) is 9.80 Å². The third-order valence-corrected chi connectivity index (χ3v) is 7.06. The fourth-order valence-electron chi connectivity index (χ4n) is 4.79. The Kier molecular flexibility index (Phi) is 6.23. The number of hydrogen-bond donors (Lipinski definition) is 0. The van der Waals surface area contributed by atoms with Crippen molar-refractivity contribution in [3.05, 3.63) is 34.9 Å². The summed E-state index contributed by atoms with van der Waals surface area (Å²) in [5, 5.41) is 0. The van der Waals surface area contributed by atoms with Gasteiger partial charge in [-0.1, -0.05) is 18.2 Å². The van der Waals surface area contributed by atoms with Crippen molar-refractivity contribution < 1.29 is 14.3 Å². The molecule has 1 aromatic rings. The molecule has 0 aromatic heterocycles. The van der Waals surface area contributed by atoms with E-state index in [2.05, 4.69) is 32.0 Å². The summed E-state index contributed by atoms with van der Waals surface area (Å²) in [7, 11) is 0. The SMILES string of the molecule is Cc1ccc(C(CC(=O)N2CCC(C(=O)N3CCOCC3)CC2)C2CC2)cc1C. The highest BCUT2D eigenvalue weighted by atomic mass is 16.5. The van der Waals surface area contributed by atoms with E-state index in [0.29, 0.717) is 57.6 Å². The van der Waals surface area contributed by atoms with Crippen molar-refractivity contribution >= 4 is 11.8 Å². The maximum absolute atomic E-state index is 13.1. The summed E-state index contributed by atoms with van der Waals surface area (Å²) in [5.74, 6) is 1.58. The molecule has 3 aliphatic rings. The molecule has 2 saturated heterocycles. The largest absolute Gasteiger partial charge is 0.378 e. The van der Waals surface area contributed by atoms with Crippen LogP contribution in [0.1, 0.15) is 54.7 Å². The van der Waals surface area contributed by atoms with E-state index >= 15 is 0 Å². The molecule has 0 bridgehead atoms. The zero-order valence-electron chi connectivity index (χ0n) is 17.9. The lowest BCUT2D eigenvalue weighted by atomic mass is 9.88. The van der Waals surface area contributed by atoms with E-state index in [1.165, 1.54) is 29.5 Å². The molecule has 0 radical (unpaired) electrons. The van der Waals surface area contributed by atoms with Gasteiger partial charge in [0.05, 0.1) is 13.2 Å². The number of carbonyl (C=O) groups is 2. The molecule has 2 heterocycles. The quantitative estimate of drug-likeness (QED) is 0.765. The number of aryl methyl sites for hydroxylation is 2. The molecular weight excluding hydrogens is 364 g/mol. The first kappa shape index (κ1) is 20.4. The number of likely N-dealkylation sites (tertiary alicyclic amines) is 1. The number of amides is 2. The Morgan fingerprint density at radius 1 is 0.966 bits per heavy atom. The third kappa shape index (κ3) is 4.82. The van der Waals surface area contributed by atoms with Crippen LogP contribution < -0.4 is 0 Å². The highest BCUT2D eigenvalue weighted by Gasteiger charge is 2.36. The number of hydrogen-bond acceptors (Lipinski definition) is 3. The molecule has 5 heteroatoms. The maximum Gasteiger partial charge on any atom is 0.225 e. The zero-order chi connectivity index (χ0) is 20.4. The van der Waals surface area contributed by atoms with E-state index in [1.807, 2.05) is 9.80 Å². The second kappa shape index (κ2) is 8.86. The van der Waals surface area contributed by atoms with Crippen LogP contribution in [0, 0.1) is 25.7 Å². The zero-order valence-corrected chi connectivity index (χ0v) is 17.9. The number of rotatable bonds is 5. The predicted molar refractivity (Wildman–Crippen MR) is 113 cm³/mol. The van der Waals surface area contributed by atoms with Crippen LogP contribution in [0.3, 0.4) is 0 Å². The second-order valence-corrected chi connectivity index (χ2v) is 9.08. The number of piperidine rings is 1. The van der Waals surface area contributed by atoms with Gasteiger partial charge in [-0.25, -0.2) is 0 Å². The Morgan fingerprint density at radius 3 is 2.28 bits per heavy atom. The molecule has 1 aliphatic carbocycles. The van der Waals surface area contributed by atoms with Crippen molar-refractivity contribution in [3.63, 3.8) is 0 Å². The molecule has 1 unspecified atom stereocenters. The Balaban J connectivity index is 1.32. The summed E-state index contributed by atoms with van der Waals surface area (Å²) in [6, 6.07) is 6.68. The Morgan fingerprint density at radius 2 is 1.66 bits per heavy atom. The first-order valence-corrected chi connectivity index (χ1v) is 11.2. The smallest absolute Gasteiger partial charge is 0.225 e. The topological polar surface area (TPSA) is 49.9 Å². The van der Waals surface area contributed by atoms with Crippen LogP contribution >= 0.6 is 0 Å². The standard InChI is InChI=1S/C24H34N2O3/c1-17-3-4-21(15-18(17)2)22(19-5-6-19)16-23(27)25-9-7-20(8-10-25)24(28)26-11-13-29-14-12-26/h3-4,15,19-20,22H,5-14,16H2,1-2H3. The molecule has 1 saturated carbocycles. The van der Waals surface area contributed by atoms with Crippen molar-refractivity contribution in [2.45, 2.75) is 51.9 Å². The van der Waals surface area contributed by atoms with E-state index in [9.17, 15) is 9.59 Å². The van der Waals surface area contributed by atoms with E-state index in [-0.39, 0.29) is 17.7 Å². The minimum atomic E-state index is 0.0659. The Labute approximate surface area is 174 Å². The first-order valence-electron chi connectivity index (χ1n) is 11.2. The van der Waals surface area contributed by atoms with Gasteiger partial charge in [-0.05, 0) is 68.1 Å². The lowest BCUT2D eigenvalue weighted by molar-refractivity contribution is -0.143. The minimum Gasteiger partial charge on any atom is -0.378 e. The molecule has 4 rings (SSSR count). The first-order chi connectivity index (χ1) is 14.0. The Hall–Kier alpha value is -1.88. The molecule has 158 valence electrons. The van der Waals surface area contributed by atoms with Crippen molar-refractivity contribution in [2.75, 3.05) is 39.4 Å². The van der Waals surface area contributed by atoms with Crippen LogP contribution in [-0.4, -0.2) is 61.0 Å². The fraction of sp³-hybridized carbons (Fsp3) is 0.667. The van der Waals surface area contributed by atoms with Gasteiger partial charge >= 0.3 is 0 Å². The fourth-order valence-corrected chi connectivity index (χ4v) is 4.79. The van der Waals surface area contributed by atoms with Gasteiger partial charge in [-0.3, -0.25) is 9.59 Å². The molecule has 2 aliphatic heterocycles. The van der Waals surface area contributed by atoms with Crippen molar-refractivity contribution in [1.29, 1.82) is 0 Å². The lowest BCUT2D eigenvalue weighted by Crippen LogP contribution is -2.47. The van der Waals surface area contributed by atoms with Gasteiger partial charge in [0, 0.05) is 38.5 Å². The summed E-state index contributed by atoms with van der Waals surface area (Å²) in [5.41, 5.74) is 3.94. The summed E-state index contributed by atoms with van der Waals surface area (Å²) < 4.78 is 5.35. The highest BCUT2D eigenvalue weighted by Crippen LogP contribution is 2.45. The second-order valence-electron chi connectivity index (χ2n) is 9.08. The Bertz CT molecular complexity index is 744. The normalized spacial score (nSPS) is 21.9. The molecule has 5 nitrogen and oxygen atoms in total. The summed E-state index contributed by atoms with van der Waals surface area (Å²) in [6.45, 7) is 8.41. The number of ether oxygens (including phenoxy) is 1. The van der Waals surface area contributed by atoms with Gasteiger partial charge < -0.3 is 14.5 Å². The van der Waals surface area contributed by atoms with Crippen LogP contribution in [0.2, 0.25) is 0 Å². The monoisotopic (exact) mass is 398 g/mol. The molecular formula is C24H34N2O3. The van der Waals surface area contributed by atoms with Crippen LogP contribution in [0.4, 0.5) is 0 Å². The van der Waals surface area contributed by atoms with Gasteiger partial charge in [0.2, 0.25) is 11.8 Å². The number of nitrogens with zero attached hydrogens (tertiary/aromatic N) is 2. The van der Waals surface area contributed by atoms with Crippen molar-refractivity contribution in [2.24, 2.45) is 11.8 Å². The van der Waals surface area contributed by atoms with Gasteiger partial charge in [-0.2, -0.15) is 0 Å². The van der Waals surface area contributed by atoms with Crippen LogP contribution in [0.25, 0.3) is 0 Å². The average Bonchev–Trinajstić information content (AvgIpc) is 3.59. The molecule has 1 atom stereocenters. The van der Waals surface area contributed by atoms with Gasteiger partial charge in [-0.15, -0.1) is 0 Å². The molecule has 3 fully saturated rings. The molecule has 29 heavy (non-hydrogen) atoms. The van der Waals surface area contributed by atoms with Crippen molar-refractivity contribution in [3.8, 4) is 0 Å². The molecule has 0 spiro atoms. The van der Waals surface area contributed by atoms with Crippen LogP contribution in [-0.2, 0) is 14.3 Å². The van der Waals surface area contributed by atoms with Gasteiger partial charge in [0.1, 0.15) is 0 Å². The van der Waals surface area contributed by atoms with E-state index < -0.39 is 0 Å². The van der Waals surface area contributed by atoms with Gasteiger partial charge in [0.25, 0.3) is 0 Å². The van der Waals surface area contributed by atoms with Crippen LogP contribution in [0.5, 0.6) is 0 Å². The summed E-state index contributed by atoms with van der Waals surface area (Å²) >= 11 is 0. The highest BCUT2D eigenvalue weighted by molar-refractivity contribution is 5.80. The number of morpholine rings is 1. The summed E-state index contributed by atoms with van der Waals surface area (Å²) in [4.78, 5) is 29.7. The number of benzene rings is 1. The predicted octanol–water partition coefficient (Wildman–Crippen LogP) is 3.28. The van der Waals surface area contributed by atoms with Gasteiger partial charge in [0.15, 0.2) is 0 Å². The molecule has 1 aromatic carbocycles. The molecule has 2 amide bonds. The number of carbonyl (C=O) groups excluding carboxylic acids is 2. The van der Waals surface area contributed by atoms with Crippen LogP contribution in [0.15, 0.2) is 18.2 Å². The molecule has 0 N–H and O–H groups in total. The lowest BCUT2D eigenvalue weighted by Gasteiger charge is -2.36. The van der Waals surface area contributed by atoms with E-state index in [4.69, 9.17) is 4.74 Å². The van der Waals surface area contributed by atoms with E-state index in [1.54, 1.807) is 0 Å².